The first-order chi connectivity index (χ1) is 12.9. The van der Waals surface area contributed by atoms with E-state index in [4.69, 9.17) is 0 Å². The summed E-state index contributed by atoms with van der Waals surface area (Å²) in [5, 5.41) is 5.50. The number of benzene rings is 2. The van der Waals surface area contributed by atoms with Gasteiger partial charge in [0.15, 0.2) is 0 Å². The Labute approximate surface area is 158 Å². The molecule has 4 amide bonds. The van der Waals surface area contributed by atoms with Crippen molar-refractivity contribution in [3.05, 3.63) is 71.8 Å². The fourth-order valence-corrected chi connectivity index (χ4v) is 3.17. The summed E-state index contributed by atoms with van der Waals surface area (Å²) >= 11 is 0. The molecule has 2 aromatic carbocycles. The molecule has 2 N–H and O–H groups in total. The molecule has 0 radical (unpaired) electrons. The van der Waals surface area contributed by atoms with Gasteiger partial charge in [-0.15, -0.1) is 0 Å². The summed E-state index contributed by atoms with van der Waals surface area (Å²) in [6, 6.07) is 18.3. The Hall–Kier alpha value is -3.15. The highest BCUT2D eigenvalue weighted by molar-refractivity contribution is 6.09. The number of nitrogens with one attached hydrogen (secondary N) is 2. The van der Waals surface area contributed by atoms with Crippen LogP contribution in [0.1, 0.15) is 30.9 Å². The molecular weight excluding hydrogens is 342 g/mol. The molecule has 1 aliphatic heterocycles. The highest BCUT2D eigenvalue weighted by Crippen LogP contribution is 2.28. The minimum absolute atomic E-state index is 0.132. The van der Waals surface area contributed by atoms with E-state index in [2.05, 4.69) is 10.6 Å². The zero-order chi connectivity index (χ0) is 19.4. The van der Waals surface area contributed by atoms with Crippen LogP contribution in [0.15, 0.2) is 60.7 Å². The van der Waals surface area contributed by atoms with E-state index < -0.39 is 17.5 Å². The molecule has 0 unspecified atom stereocenters. The summed E-state index contributed by atoms with van der Waals surface area (Å²) in [4.78, 5) is 38.3. The molecule has 1 aliphatic rings. The Morgan fingerprint density at radius 1 is 1.07 bits per heavy atom. The quantitative estimate of drug-likeness (QED) is 0.772. The van der Waals surface area contributed by atoms with Crippen LogP contribution in [-0.2, 0) is 15.1 Å². The van der Waals surface area contributed by atoms with Crippen LogP contribution in [0.25, 0.3) is 0 Å². The summed E-state index contributed by atoms with van der Waals surface area (Å²) in [5.41, 5.74) is 0.643. The third-order valence-electron chi connectivity index (χ3n) is 4.90. The van der Waals surface area contributed by atoms with Crippen LogP contribution in [0, 0.1) is 0 Å². The number of amides is 4. The second kappa shape index (κ2) is 7.61. The lowest BCUT2D eigenvalue weighted by Crippen LogP contribution is -2.43. The molecule has 0 aliphatic carbocycles. The van der Waals surface area contributed by atoms with Gasteiger partial charge in [-0.3, -0.25) is 14.5 Å². The Kier molecular flexibility index (Phi) is 5.26. The maximum Gasteiger partial charge on any atom is 0.325 e. The van der Waals surface area contributed by atoms with E-state index in [0.29, 0.717) is 12.1 Å². The standard InChI is InChI=1S/C21H23N3O3/c1-15(16-9-5-3-6-10-16)13-22-18(25)14-24-19(26)21(2,23-20(24)27)17-11-7-4-8-12-17/h3-12,15H,13-14H2,1-2H3,(H,22,25)(H,23,27)/t15-,21+/m0/s1. The lowest BCUT2D eigenvalue weighted by molar-refractivity contribution is -0.134. The van der Waals surface area contributed by atoms with Crippen LogP contribution in [0.4, 0.5) is 4.79 Å². The molecule has 0 saturated carbocycles. The first-order valence-electron chi connectivity index (χ1n) is 8.93. The topological polar surface area (TPSA) is 78.5 Å². The Morgan fingerprint density at radius 3 is 2.30 bits per heavy atom. The fraction of sp³-hybridized carbons (Fsp3) is 0.286. The lowest BCUT2D eigenvalue weighted by atomic mass is 9.92. The number of hydrogen-bond donors (Lipinski definition) is 2. The zero-order valence-corrected chi connectivity index (χ0v) is 15.4. The SMILES string of the molecule is C[C@@H](CNC(=O)CN1C(=O)N[C@](C)(c2ccccc2)C1=O)c1ccccc1. The molecule has 1 fully saturated rings. The smallest absolute Gasteiger partial charge is 0.325 e. The first kappa shape index (κ1) is 18.6. The minimum Gasteiger partial charge on any atom is -0.354 e. The number of carbonyl (C=O) groups excluding carboxylic acids is 3. The van der Waals surface area contributed by atoms with E-state index >= 15 is 0 Å². The van der Waals surface area contributed by atoms with Gasteiger partial charge in [-0.2, -0.15) is 0 Å². The van der Waals surface area contributed by atoms with Crippen LogP contribution in [0.5, 0.6) is 0 Å². The van der Waals surface area contributed by atoms with Crippen LogP contribution in [0.2, 0.25) is 0 Å². The molecule has 3 rings (SSSR count). The second-order valence-electron chi connectivity index (χ2n) is 6.93. The van der Waals surface area contributed by atoms with Crippen LogP contribution >= 0.6 is 0 Å². The van der Waals surface area contributed by atoms with Gasteiger partial charge in [0.2, 0.25) is 5.91 Å². The monoisotopic (exact) mass is 365 g/mol. The number of nitrogens with zero attached hydrogens (tertiary/aromatic N) is 1. The van der Waals surface area contributed by atoms with Crippen molar-refractivity contribution in [2.24, 2.45) is 0 Å². The summed E-state index contributed by atoms with van der Waals surface area (Å²) in [6.07, 6.45) is 0. The van der Waals surface area contributed by atoms with E-state index in [0.717, 1.165) is 10.5 Å². The van der Waals surface area contributed by atoms with Crippen LogP contribution < -0.4 is 10.6 Å². The van der Waals surface area contributed by atoms with Gasteiger partial charge in [-0.05, 0) is 24.0 Å². The van der Waals surface area contributed by atoms with Gasteiger partial charge in [0, 0.05) is 6.54 Å². The Balaban J connectivity index is 1.61. The van der Waals surface area contributed by atoms with E-state index in [1.165, 1.54) is 0 Å². The van der Waals surface area contributed by atoms with Gasteiger partial charge >= 0.3 is 6.03 Å². The first-order valence-corrected chi connectivity index (χ1v) is 8.93. The summed E-state index contributed by atoms with van der Waals surface area (Å²) < 4.78 is 0. The summed E-state index contributed by atoms with van der Waals surface area (Å²) in [5.74, 6) is -0.656. The second-order valence-corrected chi connectivity index (χ2v) is 6.93. The molecule has 1 saturated heterocycles. The normalized spacial score (nSPS) is 20.3. The van der Waals surface area contributed by atoms with Crippen molar-refractivity contribution < 1.29 is 14.4 Å². The molecule has 2 atom stereocenters. The molecule has 1 heterocycles. The maximum absolute atomic E-state index is 12.8. The highest BCUT2D eigenvalue weighted by atomic mass is 16.2. The van der Waals surface area contributed by atoms with Gasteiger partial charge < -0.3 is 10.6 Å². The number of carbonyl (C=O) groups is 3. The molecule has 140 valence electrons. The predicted molar refractivity (Wildman–Crippen MR) is 102 cm³/mol. The third kappa shape index (κ3) is 3.84. The number of rotatable bonds is 6. The maximum atomic E-state index is 12.8. The average Bonchev–Trinajstić information content (AvgIpc) is 2.91. The fourth-order valence-electron chi connectivity index (χ4n) is 3.17. The van der Waals surface area contributed by atoms with Gasteiger partial charge in [0.1, 0.15) is 12.1 Å². The van der Waals surface area contributed by atoms with E-state index in [1.807, 2.05) is 43.3 Å². The molecule has 6 heteroatoms. The van der Waals surface area contributed by atoms with E-state index in [9.17, 15) is 14.4 Å². The minimum atomic E-state index is -1.16. The summed E-state index contributed by atoms with van der Waals surface area (Å²) in [6.45, 7) is 3.80. The number of urea groups is 1. The van der Waals surface area contributed by atoms with Crippen LogP contribution in [-0.4, -0.2) is 35.8 Å². The molecule has 2 aromatic rings. The number of hydrogen-bond acceptors (Lipinski definition) is 3. The van der Waals surface area contributed by atoms with Crippen molar-refractivity contribution in [2.75, 3.05) is 13.1 Å². The summed E-state index contributed by atoms with van der Waals surface area (Å²) in [7, 11) is 0. The van der Waals surface area contributed by atoms with E-state index in [-0.39, 0.29) is 18.4 Å². The van der Waals surface area contributed by atoms with Gasteiger partial charge in [0.05, 0.1) is 0 Å². The van der Waals surface area contributed by atoms with Crippen molar-refractivity contribution in [1.82, 2.24) is 15.5 Å². The number of imide groups is 1. The van der Waals surface area contributed by atoms with Gasteiger partial charge in [-0.1, -0.05) is 67.6 Å². The Morgan fingerprint density at radius 2 is 1.67 bits per heavy atom. The lowest BCUT2D eigenvalue weighted by Gasteiger charge is -2.22. The van der Waals surface area contributed by atoms with E-state index in [1.54, 1.807) is 31.2 Å². The average molecular weight is 365 g/mol. The highest BCUT2D eigenvalue weighted by Gasteiger charge is 2.49. The van der Waals surface area contributed by atoms with Crippen molar-refractivity contribution in [1.29, 1.82) is 0 Å². The van der Waals surface area contributed by atoms with Crippen LogP contribution in [0.3, 0.4) is 0 Å². The van der Waals surface area contributed by atoms with Crippen molar-refractivity contribution in [2.45, 2.75) is 25.3 Å². The van der Waals surface area contributed by atoms with Crippen molar-refractivity contribution >= 4 is 17.8 Å². The molecule has 27 heavy (non-hydrogen) atoms. The van der Waals surface area contributed by atoms with Crippen molar-refractivity contribution in [3.63, 3.8) is 0 Å². The zero-order valence-electron chi connectivity index (χ0n) is 15.4. The van der Waals surface area contributed by atoms with Crippen molar-refractivity contribution in [3.8, 4) is 0 Å². The molecule has 6 nitrogen and oxygen atoms in total. The largest absolute Gasteiger partial charge is 0.354 e. The third-order valence-corrected chi connectivity index (χ3v) is 4.90. The van der Waals surface area contributed by atoms with Gasteiger partial charge in [0.25, 0.3) is 5.91 Å². The molecule has 0 bridgehead atoms. The predicted octanol–water partition coefficient (Wildman–Crippen LogP) is 2.37. The molecule has 0 aromatic heterocycles. The van der Waals surface area contributed by atoms with Gasteiger partial charge in [-0.25, -0.2) is 4.79 Å². The Bertz CT molecular complexity index is 838. The molecular formula is C21H23N3O3. The molecule has 0 spiro atoms.